The summed E-state index contributed by atoms with van der Waals surface area (Å²) in [6.45, 7) is 10.2. The number of hydrogen-bond acceptors (Lipinski definition) is 6. The summed E-state index contributed by atoms with van der Waals surface area (Å²) in [5, 5.41) is 6.47. The summed E-state index contributed by atoms with van der Waals surface area (Å²) in [5.41, 5.74) is 6.68. The normalized spacial score (nSPS) is 21.1. The van der Waals surface area contributed by atoms with Gasteiger partial charge < -0.3 is 21.3 Å². The Morgan fingerprint density at radius 2 is 2.03 bits per heavy atom. The Kier molecular flexibility index (Phi) is 6.53. The van der Waals surface area contributed by atoms with E-state index in [-0.39, 0.29) is 11.9 Å². The number of nitrogens with two attached hydrogens (primary N) is 1. The second-order valence-corrected chi connectivity index (χ2v) is 7.66. The third kappa shape index (κ3) is 4.95. The lowest BCUT2D eigenvalue weighted by Gasteiger charge is -2.30. The minimum atomic E-state index is -0.351. The number of likely N-dealkylation sites (tertiary alicyclic amines) is 1. The van der Waals surface area contributed by atoms with Crippen LogP contribution in [0.3, 0.4) is 0 Å². The Hall–Kier alpha value is -2.87. The zero-order valence-electron chi connectivity index (χ0n) is 17.3. The second kappa shape index (κ2) is 9.09. The number of hydrogen-bond donors (Lipinski definition) is 3. The number of piperidine rings is 1. The van der Waals surface area contributed by atoms with Crippen molar-refractivity contribution in [2.75, 3.05) is 25.5 Å². The maximum atomic E-state index is 14.1. The van der Waals surface area contributed by atoms with Crippen LogP contribution in [0.25, 0.3) is 0 Å². The van der Waals surface area contributed by atoms with E-state index in [0.29, 0.717) is 35.0 Å². The molecule has 0 spiro atoms. The largest absolute Gasteiger partial charge is 0.403 e. The molecule has 2 aliphatic heterocycles. The lowest BCUT2D eigenvalue weighted by Crippen LogP contribution is -2.43. The Balaban J connectivity index is 1.79. The van der Waals surface area contributed by atoms with Crippen molar-refractivity contribution in [3.05, 3.63) is 54.4 Å². The molecule has 1 saturated heterocycles. The van der Waals surface area contributed by atoms with Gasteiger partial charge in [-0.1, -0.05) is 18.7 Å². The van der Waals surface area contributed by atoms with Crippen LogP contribution in [0.4, 0.5) is 10.1 Å². The van der Waals surface area contributed by atoms with E-state index in [4.69, 9.17) is 5.73 Å². The molecule has 1 aromatic rings. The average molecular weight is 400 g/mol. The highest BCUT2D eigenvalue weighted by molar-refractivity contribution is 6.18. The fourth-order valence-electron chi connectivity index (χ4n) is 3.47. The van der Waals surface area contributed by atoms with E-state index in [0.717, 1.165) is 25.9 Å². The predicted octanol–water partition coefficient (Wildman–Crippen LogP) is 2.67. The van der Waals surface area contributed by atoms with Crippen LogP contribution in [-0.4, -0.2) is 53.8 Å². The SMILES string of the molecule is C=C(/N=C1\C(=C/N)N=C(Nc2ccccc2F)N1C(C)C)NC1CCN(C)CC1. The summed E-state index contributed by atoms with van der Waals surface area (Å²) in [6, 6.07) is 6.85. The number of guanidine groups is 1. The standard InChI is InChI=1S/C21H30FN7/c1-14(2)29-20(25-15(3)24-16-9-11-28(4)12-10-16)19(13-23)27-21(29)26-18-8-6-5-7-17(18)22/h5-8,13-14,16,24H,3,9-12,23H2,1-2,4H3,(H,26,27)/b19-13+,25-20+. The maximum absolute atomic E-state index is 14.1. The molecule has 1 fully saturated rings. The number of anilines is 1. The van der Waals surface area contributed by atoms with Gasteiger partial charge in [0.25, 0.3) is 0 Å². The summed E-state index contributed by atoms with van der Waals surface area (Å²) in [4.78, 5) is 13.4. The lowest BCUT2D eigenvalue weighted by molar-refractivity contribution is 0.241. The molecule has 4 N–H and O–H groups in total. The summed E-state index contributed by atoms with van der Waals surface area (Å²) in [6.07, 6.45) is 3.50. The Bertz CT molecular complexity index is 835. The number of halogens is 1. The van der Waals surface area contributed by atoms with Crippen LogP contribution in [0.15, 0.2) is 58.5 Å². The van der Waals surface area contributed by atoms with Crippen LogP contribution in [0.1, 0.15) is 26.7 Å². The number of rotatable bonds is 5. The zero-order valence-corrected chi connectivity index (χ0v) is 17.3. The third-order valence-corrected chi connectivity index (χ3v) is 5.04. The summed E-state index contributed by atoms with van der Waals surface area (Å²) in [7, 11) is 2.13. The molecule has 29 heavy (non-hydrogen) atoms. The molecule has 2 heterocycles. The first kappa shape index (κ1) is 20.9. The fraction of sp³-hybridized carbons (Fsp3) is 0.429. The number of benzene rings is 1. The molecule has 2 aliphatic rings. The monoisotopic (exact) mass is 399 g/mol. The van der Waals surface area contributed by atoms with Gasteiger partial charge in [-0.3, -0.25) is 4.90 Å². The molecule has 0 radical (unpaired) electrons. The van der Waals surface area contributed by atoms with Gasteiger partial charge in [0.15, 0.2) is 5.84 Å². The molecule has 7 nitrogen and oxygen atoms in total. The van der Waals surface area contributed by atoms with Gasteiger partial charge in [-0.2, -0.15) is 0 Å². The van der Waals surface area contributed by atoms with Crippen LogP contribution in [0, 0.1) is 5.82 Å². The highest BCUT2D eigenvalue weighted by Crippen LogP contribution is 2.23. The molecule has 0 aromatic heterocycles. The molecular weight excluding hydrogens is 369 g/mol. The van der Waals surface area contributed by atoms with Gasteiger partial charge >= 0.3 is 0 Å². The minimum Gasteiger partial charge on any atom is -0.403 e. The maximum Gasteiger partial charge on any atom is 0.210 e. The molecule has 8 heteroatoms. The first-order valence-corrected chi connectivity index (χ1v) is 9.93. The Morgan fingerprint density at radius 3 is 2.66 bits per heavy atom. The minimum absolute atomic E-state index is 0.0281. The zero-order chi connectivity index (χ0) is 21.0. The van der Waals surface area contributed by atoms with Gasteiger partial charge in [0.2, 0.25) is 5.96 Å². The van der Waals surface area contributed by atoms with Gasteiger partial charge in [-0.25, -0.2) is 14.4 Å². The smallest absolute Gasteiger partial charge is 0.210 e. The molecule has 1 aromatic carbocycles. The van der Waals surface area contributed by atoms with E-state index >= 15 is 0 Å². The van der Waals surface area contributed by atoms with Crippen molar-refractivity contribution in [3.63, 3.8) is 0 Å². The number of para-hydroxylation sites is 1. The predicted molar refractivity (Wildman–Crippen MR) is 117 cm³/mol. The van der Waals surface area contributed by atoms with Gasteiger partial charge in [0.1, 0.15) is 17.3 Å². The molecule has 0 atom stereocenters. The van der Waals surface area contributed by atoms with Crippen LogP contribution in [0.2, 0.25) is 0 Å². The van der Waals surface area contributed by atoms with Crippen molar-refractivity contribution in [1.29, 1.82) is 0 Å². The number of nitrogens with one attached hydrogen (secondary N) is 2. The van der Waals surface area contributed by atoms with Gasteiger partial charge in [-0.15, -0.1) is 0 Å². The van der Waals surface area contributed by atoms with Gasteiger partial charge in [0.05, 0.1) is 5.69 Å². The lowest BCUT2D eigenvalue weighted by atomic mass is 10.1. The van der Waals surface area contributed by atoms with Crippen molar-refractivity contribution in [2.24, 2.45) is 15.7 Å². The van der Waals surface area contributed by atoms with E-state index < -0.39 is 0 Å². The Morgan fingerprint density at radius 1 is 1.34 bits per heavy atom. The molecule has 0 saturated carbocycles. The third-order valence-electron chi connectivity index (χ3n) is 5.04. The quantitative estimate of drug-likeness (QED) is 0.709. The molecule has 0 unspecified atom stereocenters. The van der Waals surface area contributed by atoms with Gasteiger partial charge in [0, 0.05) is 18.3 Å². The van der Waals surface area contributed by atoms with Crippen molar-refractivity contribution >= 4 is 17.5 Å². The van der Waals surface area contributed by atoms with E-state index in [9.17, 15) is 4.39 Å². The molecule has 0 amide bonds. The van der Waals surface area contributed by atoms with Crippen LogP contribution >= 0.6 is 0 Å². The van der Waals surface area contributed by atoms with Crippen molar-refractivity contribution in [2.45, 2.75) is 38.8 Å². The fourth-order valence-corrected chi connectivity index (χ4v) is 3.47. The Labute approximate surface area is 171 Å². The molecule has 0 aliphatic carbocycles. The first-order chi connectivity index (χ1) is 13.9. The van der Waals surface area contributed by atoms with E-state index in [1.807, 2.05) is 18.7 Å². The topological polar surface area (TPSA) is 81.3 Å². The molecule has 3 rings (SSSR count). The first-order valence-electron chi connectivity index (χ1n) is 9.93. The van der Waals surface area contributed by atoms with Crippen LogP contribution < -0.4 is 16.4 Å². The van der Waals surface area contributed by atoms with Gasteiger partial charge in [-0.05, 0) is 59.0 Å². The molecular formula is C21H30FN7. The molecule has 156 valence electrons. The van der Waals surface area contributed by atoms with Crippen molar-refractivity contribution in [1.82, 2.24) is 15.1 Å². The summed E-state index contributed by atoms with van der Waals surface area (Å²) in [5.74, 6) is 1.29. The summed E-state index contributed by atoms with van der Waals surface area (Å²) >= 11 is 0. The second-order valence-electron chi connectivity index (χ2n) is 7.66. The van der Waals surface area contributed by atoms with Crippen LogP contribution in [-0.2, 0) is 0 Å². The number of nitrogens with zero attached hydrogens (tertiary/aromatic N) is 4. The highest BCUT2D eigenvalue weighted by atomic mass is 19.1. The summed E-state index contributed by atoms with van der Waals surface area (Å²) < 4.78 is 14.1. The molecule has 0 bridgehead atoms. The van der Waals surface area contributed by atoms with E-state index in [2.05, 4.69) is 39.1 Å². The number of amidine groups is 1. The van der Waals surface area contributed by atoms with Crippen molar-refractivity contribution in [3.8, 4) is 0 Å². The van der Waals surface area contributed by atoms with Crippen LogP contribution in [0.5, 0.6) is 0 Å². The average Bonchev–Trinajstić information content (AvgIpc) is 3.02. The van der Waals surface area contributed by atoms with E-state index in [1.54, 1.807) is 18.2 Å². The number of aliphatic imine (C=N–C) groups is 2. The van der Waals surface area contributed by atoms with E-state index in [1.165, 1.54) is 12.3 Å². The van der Waals surface area contributed by atoms with Crippen molar-refractivity contribution < 1.29 is 4.39 Å². The highest BCUT2D eigenvalue weighted by Gasteiger charge is 2.31.